The molecule has 0 aromatic heterocycles. The molecule has 2 unspecified atom stereocenters. The van der Waals surface area contributed by atoms with Crippen LogP contribution in [0, 0.1) is 0 Å². The number of carbonyl (C=O) groups is 1. The van der Waals surface area contributed by atoms with Crippen LogP contribution in [0.3, 0.4) is 0 Å². The van der Waals surface area contributed by atoms with E-state index in [4.69, 9.17) is 0 Å². The topological polar surface area (TPSA) is 69.6 Å². The van der Waals surface area contributed by atoms with E-state index in [0.29, 0.717) is 12.8 Å². The lowest BCUT2D eigenvalue weighted by atomic mass is 10.0. The number of rotatable bonds is 57. The van der Waals surface area contributed by atoms with Crippen molar-refractivity contribution in [2.45, 2.75) is 321 Å². The van der Waals surface area contributed by atoms with Crippen LogP contribution in [0.4, 0.5) is 0 Å². The molecule has 0 saturated carbocycles. The number of hydrogen-bond donors (Lipinski definition) is 3. The maximum Gasteiger partial charge on any atom is 0.220 e. The van der Waals surface area contributed by atoms with Crippen molar-refractivity contribution < 1.29 is 15.0 Å². The van der Waals surface area contributed by atoms with E-state index in [0.717, 1.165) is 77.0 Å². The maximum atomic E-state index is 12.5. The Hall–Kier alpha value is -2.69. The lowest BCUT2D eigenvalue weighted by Gasteiger charge is -2.22. The first-order chi connectivity index (χ1) is 35.7. The average Bonchev–Trinajstić information content (AvgIpc) is 3.39. The number of amides is 1. The molecule has 3 N–H and O–H groups in total. The van der Waals surface area contributed by atoms with Gasteiger partial charge in [-0.15, -0.1) is 0 Å². The quantitative estimate of drug-likeness (QED) is 0.0420. The molecule has 416 valence electrons. The fraction of sp³-hybridized carbons (Fsp3) is 0.750. The van der Waals surface area contributed by atoms with Gasteiger partial charge in [-0.25, -0.2) is 0 Å². The third kappa shape index (κ3) is 58.2. The highest BCUT2D eigenvalue weighted by Gasteiger charge is 2.20. The number of aliphatic hydroxyl groups excluding tert-OH is 2. The highest BCUT2D eigenvalue weighted by molar-refractivity contribution is 5.76. The van der Waals surface area contributed by atoms with Crippen molar-refractivity contribution in [3.63, 3.8) is 0 Å². The first-order valence-corrected chi connectivity index (χ1v) is 31.4. The summed E-state index contributed by atoms with van der Waals surface area (Å²) in [6, 6.07) is -0.542. The minimum Gasteiger partial charge on any atom is -0.394 e. The summed E-state index contributed by atoms with van der Waals surface area (Å²) in [5, 5.41) is 23.4. The number of unbranched alkanes of at least 4 members (excludes halogenated alkanes) is 34. The summed E-state index contributed by atoms with van der Waals surface area (Å²) in [5.41, 5.74) is 0. The second-order valence-electron chi connectivity index (χ2n) is 21.1. The van der Waals surface area contributed by atoms with E-state index in [2.05, 4.69) is 116 Å². The SMILES string of the molecule is CC/C=C\C/C=C\C/C=C\C/C=C\C/C=C\C/C=C\C/C=C\C/C=C\CCCCCCCCCCCCCCCCC(=O)NC(CO)C(O)CCCCCCCCCCCCCCCCCCCCCCC. The molecular weight excluding hydrogens is 879 g/mol. The number of aliphatic hydroxyl groups is 2. The van der Waals surface area contributed by atoms with Crippen LogP contribution in [-0.4, -0.2) is 34.9 Å². The fourth-order valence-corrected chi connectivity index (χ4v) is 9.38. The number of carbonyl (C=O) groups excluding carboxylic acids is 1. The Bertz CT molecular complexity index is 1320. The molecule has 0 bridgehead atoms. The van der Waals surface area contributed by atoms with Crippen LogP contribution in [0.5, 0.6) is 0 Å². The van der Waals surface area contributed by atoms with Crippen molar-refractivity contribution in [2.24, 2.45) is 0 Å². The van der Waals surface area contributed by atoms with E-state index in [1.807, 2.05) is 0 Å². The third-order valence-electron chi connectivity index (χ3n) is 14.1. The molecule has 0 saturated heterocycles. The highest BCUT2D eigenvalue weighted by Crippen LogP contribution is 2.17. The van der Waals surface area contributed by atoms with E-state index in [-0.39, 0.29) is 12.5 Å². The smallest absolute Gasteiger partial charge is 0.220 e. The van der Waals surface area contributed by atoms with Gasteiger partial charge in [0.1, 0.15) is 0 Å². The molecule has 4 nitrogen and oxygen atoms in total. The Morgan fingerprint density at radius 1 is 0.347 bits per heavy atom. The van der Waals surface area contributed by atoms with Gasteiger partial charge in [-0.05, 0) is 77.0 Å². The second kappa shape index (κ2) is 62.6. The van der Waals surface area contributed by atoms with E-state index < -0.39 is 12.1 Å². The monoisotopic (exact) mass is 1000 g/mol. The molecule has 0 aromatic rings. The van der Waals surface area contributed by atoms with Gasteiger partial charge < -0.3 is 15.5 Å². The predicted molar refractivity (Wildman–Crippen MR) is 322 cm³/mol. The van der Waals surface area contributed by atoms with Crippen LogP contribution in [0.15, 0.2) is 97.2 Å². The molecular formula is C68H121NO3. The first kappa shape index (κ1) is 69.3. The molecule has 0 aromatic carbocycles. The van der Waals surface area contributed by atoms with E-state index >= 15 is 0 Å². The Morgan fingerprint density at radius 3 is 0.917 bits per heavy atom. The summed E-state index contributed by atoms with van der Waals surface area (Å²) in [6.45, 7) is 4.26. The Balaban J connectivity index is 3.50. The zero-order valence-electron chi connectivity index (χ0n) is 47.9. The molecule has 72 heavy (non-hydrogen) atoms. The zero-order valence-corrected chi connectivity index (χ0v) is 47.9. The van der Waals surface area contributed by atoms with Crippen molar-refractivity contribution in [1.29, 1.82) is 0 Å². The highest BCUT2D eigenvalue weighted by atomic mass is 16.3. The van der Waals surface area contributed by atoms with Crippen molar-refractivity contribution >= 4 is 5.91 Å². The van der Waals surface area contributed by atoms with Gasteiger partial charge in [-0.1, -0.05) is 323 Å². The van der Waals surface area contributed by atoms with Gasteiger partial charge in [0.15, 0.2) is 0 Å². The largest absolute Gasteiger partial charge is 0.394 e. The molecule has 0 fully saturated rings. The van der Waals surface area contributed by atoms with Crippen molar-refractivity contribution in [1.82, 2.24) is 5.32 Å². The van der Waals surface area contributed by atoms with Gasteiger partial charge in [0.25, 0.3) is 0 Å². The average molecular weight is 1000 g/mol. The lowest BCUT2D eigenvalue weighted by Crippen LogP contribution is -2.45. The van der Waals surface area contributed by atoms with Crippen LogP contribution in [0.2, 0.25) is 0 Å². The fourth-order valence-electron chi connectivity index (χ4n) is 9.38. The minimum absolute atomic E-state index is 0.0314. The molecule has 0 spiro atoms. The van der Waals surface area contributed by atoms with Crippen LogP contribution in [-0.2, 0) is 4.79 Å². The van der Waals surface area contributed by atoms with Gasteiger partial charge in [0.05, 0.1) is 18.8 Å². The van der Waals surface area contributed by atoms with Crippen LogP contribution in [0.1, 0.15) is 309 Å². The third-order valence-corrected chi connectivity index (χ3v) is 14.1. The van der Waals surface area contributed by atoms with Crippen molar-refractivity contribution in [3.8, 4) is 0 Å². The van der Waals surface area contributed by atoms with Crippen molar-refractivity contribution in [2.75, 3.05) is 6.61 Å². The first-order valence-electron chi connectivity index (χ1n) is 31.4. The molecule has 0 heterocycles. The maximum absolute atomic E-state index is 12.5. The van der Waals surface area contributed by atoms with E-state index in [1.54, 1.807) is 0 Å². The van der Waals surface area contributed by atoms with E-state index in [1.165, 1.54) is 205 Å². The van der Waals surface area contributed by atoms with Crippen LogP contribution >= 0.6 is 0 Å². The molecule has 4 heteroatoms. The normalized spacial score (nSPS) is 13.4. The van der Waals surface area contributed by atoms with Gasteiger partial charge in [0.2, 0.25) is 5.91 Å². The minimum atomic E-state index is -0.665. The molecule has 0 aliphatic heterocycles. The zero-order chi connectivity index (χ0) is 52.0. The van der Waals surface area contributed by atoms with Gasteiger partial charge in [0, 0.05) is 6.42 Å². The van der Waals surface area contributed by atoms with E-state index in [9.17, 15) is 15.0 Å². The molecule has 2 atom stereocenters. The summed E-state index contributed by atoms with van der Waals surface area (Å²) in [6.07, 6.45) is 92.7. The van der Waals surface area contributed by atoms with Gasteiger partial charge >= 0.3 is 0 Å². The number of allylic oxidation sites excluding steroid dienone is 16. The molecule has 1 amide bonds. The standard InChI is InChI=1S/C68H121NO3/c1-3-5-7-9-11-13-15-17-19-21-23-25-26-27-28-29-30-31-32-33-34-35-36-37-38-39-40-41-42-44-46-48-50-52-54-56-58-60-62-64-68(72)69-66(65-70)67(71)63-61-59-57-55-53-51-49-47-45-43-24-22-20-18-16-14-12-10-8-6-4-2/h5,7,11,13,17,19,23,25,27-28,30-31,33-34,36-37,66-67,70-71H,3-4,6,8-10,12,14-16,18,20-22,24,26,29,32,35,38-65H2,1-2H3,(H,69,72)/b7-5-,13-11-,19-17-,25-23-,28-27-,31-30-,34-33-,37-36-. The van der Waals surface area contributed by atoms with Gasteiger partial charge in [-0.3, -0.25) is 4.79 Å². The summed E-state index contributed by atoms with van der Waals surface area (Å²) >= 11 is 0. The summed E-state index contributed by atoms with van der Waals surface area (Å²) < 4.78 is 0. The molecule has 0 aliphatic carbocycles. The summed E-state index contributed by atoms with van der Waals surface area (Å²) in [5.74, 6) is -0.0314. The van der Waals surface area contributed by atoms with Crippen molar-refractivity contribution in [3.05, 3.63) is 97.2 Å². The Labute approximate surface area is 449 Å². The Morgan fingerprint density at radius 2 is 0.611 bits per heavy atom. The number of hydrogen-bond acceptors (Lipinski definition) is 3. The molecule has 0 rings (SSSR count). The summed E-state index contributed by atoms with van der Waals surface area (Å²) in [7, 11) is 0. The van der Waals surface area contributed by atoms with Gasteiger partial charge in [-0.2, -0.15) is 0 Å². The molecule has 0 radical (unpaired) electrons. The molecule has 0 aliphatic rings. The lowest BCUT2D eigenvalue weighted by molar-refractivity contribution is -0.123. The summed E-state index contributed by atoms with van der Waals surface area (Å²) in [4.78, 5) is 12.5. The second-order valence-corrected chi connectivity index (χ2v) is 21.1. The Kier molecular flexibility index (Phi) is 60.3. The predicted octanol–water partition coefficient (Wildman–Crippen LogP) is 21.3. The number of nitrogens with one attached hydrogen (secondary N) is 1. The van der Waals surface area contributed by atoms with Crippen LogP contribution in [0.25, 0.3) is 0 Å². The van der Waals surface area contributed by atoms with Crippen LogP contribution < -0.4 is 5.32 Å².